The zero-order chi connectivity index (χ0) is 17.8. The molecule has 1 atom stereocenters. The Morgan fingerprint density at radius 3 is 2.96 bits per heavy atom. The van der Waals surface area contributed by atoms with Crippen LogP contribution in [0.2, 0.25) is 0 Å². The number of benzene rings is 1. The van der Waals surface area contributed by atoms with Crippen LogP contribution in [-0.4, -0.2) is 46.5 Å². The fourth-order valence-electron chi connectivity index (χ4n) is 3.29. The summed E-state index contributed by atoms with van der Waals surface area (Å²) >= 11 is 0. The minimum Gasteiger partial charge on any atom is -0.493 e. The predicted octanol–water partition coefficient (Wildman–Crippen LogP) is 2.49. The van der Waals surface area contributed by atoms with Gasteiger partial charge in [-0.1, -0.05) is 12.1 Å². The van der Waals surface area contributed by atoms with E-state index in [4.69, 9.17) is 9.47 Å². The van der Waals surface area contributed by atoms with Crippen LogP contribution in [0.4, 0.5) is 0 Å². The first-order valence-corrected chi connectivity index (χ1v) is 9.34. The van der Waals surface area contributed by atoms with Crippen LogP contribution in [0.1, 0.15) is 24.8 Å². The lowest BCUT2D eigenvalue weighted by molar-refractivity contribution is -0.133. The standard InChI is InChI=1S/C20H25N3O3/c24-20(13-22-9-2-8-21-22)23(18-5-6-18)12-16-3-1-4-19(11-16)26-15-17-7-10-25-14-17/h1-4,8-9,11,17-18H,5-7,10,12-15H2. The molecule has 0 bridgehead atoms. The fourth-order valence-corrected chi connectivity index (χ4v) is 3.29. The number of carbonyl (C=O) groups excluding carboxylic acids is 1. The third-order valence-electron chi connectivity index (χ3n) is 4.93. The molecule has 2 aromatic rings. The van der Waals surface area contributed by atoms with Gasteiger partial charge in [0.05, 0.1) is 13.2 Å². The molecule has 1 unspecified atom stereocenters. The second-order valence-corrected chi connectivity index (χ2v) is 7.14. The van der Waals surface area contributed by atoms with E-state index in [1.54, 1.807) is 10.9 Å². The zero-order valence-electron chi connectivity index (χ0n) is 14.9. The summed E-state index contributed by atoms with van der Waals surface area (Å²) in [6.45, 7) is 3.23. The summed E-state index contributed by atoms with van der Waals surface area (Å²) in [5, 5.41) is 4.14. The highest BCUT2D eigenvalue weighted by Gasteiger charge is 2.32. The van der Waals surface area contributed by atoms with Crippen molar-refractivity contribution in [1.29, 1.82) is 0 Å². The molecule has 1 aromatic heterocycles. The van der Waals surface area contributed by atoms with Gasteiger partial charge in [0.2, 0.25) is 5.91 Å². The van der Waals surface area contributed by atoms with Gasteiger partial charge in [-0.15, -0.1) is 0 Å². The second-order valence-electron chi connectivity index (χ2n) is 7.14. The average Bonchev–Trinajstić information content (AvgIpc) is 3.12. The van der Waals surface area contributed by atoms with Crippen molar-refractivity contribution in [2.75, 3.05) is 19.8 Å². The molecule has 6 nitrogen and oxygen atoms in total. The highest BCUT2D eigenvalue weighted by Crippen LogP contribution is 2.29. The maximum atomic E-state index is 12.7. The molecule has 1 saturated carbocycles. The van der Waals surface area contributed by atoms with Crippen LogP contribution in [-0.2, 0) is 22.6 Å². The maximum absolute atomic E-state index is 12.7. The number of ether oxygens (including phenoxy) is 2. The van der Waals surface area contributed by atoms with E-state index in [9.17, 15) is 4.79 Å². The first-order valence-electron chi connectivity index (χ1n) is 9.34. The Bertz CT molecular complexity index is 722. The summed E-state index contributed by atoms with van der Waals surface area (Å²) in [7, 11) is 0. The minimum atomic E-state index is 0.116. The van der Waals surface area contributed by atoms with E-state index in [1.165, 1.54) is 0 Å². The quantitative estimate of drug-likeness (QED) is 0.730. The number of amides is 1. The Kier molecular flexibility index (Phi) is 5.20. The lowest BCUT2D eigenvalue weighted by Gasteiger charge is -2.23. The van der Waals surface area contributed by atoms with E-state index in [2.05, 4.69) is 11.2 Å². The van der Waals surface area contributed by atoms with Gasteiger partial charge in [0.25, 0.3) is 0 Å². The smallest absolute Gasteiger partial charge is 0.244 e. The Labute approximate surface area is 153 Å². The summed E-state index contributed by atoms with van der Waals surface area (Å²) in [6.07, 6.45) is 6.76. The van der Waals surface area contributed by atoms with Gasteiger partial charge in [-0.05, 0) is 43.0 Å². The lowest BCUT2D eigenvalue weighted by atomic mass is 10.1. The summed E-state index contributed by atoms with van der Waals surface area (Å²) in [5.41, 5.74) is 1.10. The molecule has 2 heterocycles. The van der Waals surface area contributed by atoms with Gasteiger partial charge >= 0.3 is 0 Å². The SMILES string of the molecule is O=C(Cn1cccn1)N(Cc1cccc(OCC2CCOC2)c1)C1CC1. The molecule has 1 aliphatic carbocycles. The van der Waals surface area contributed by atoms with Gasteiger partial charge in [-0.3, -0.25) is 9.48 Å². The van der Waals surface area contributed by atoms with Gasteiger partial charge in [0.15, 0.2) is 0 Å². The van der Waals surface area contributed by atoms with Crippen molar-refractivity contribution in [2.24, 2.45) is 5.92 Å². The summed E-state index contributed by atoms with van der Waals surface area (Å²) in [5.74, 6) is 1.47. The molecular formula is C20H25N3O3. The Morgan fingerprint density at radius 2 is 2.23 bits per heavy atom. The Hall–Kier alpha value is -2.34. The van der Waals surface area contributed by atoms with Crippen molar-refractivity contribution < 1.29 is 14.3 Å². The largest absolute Gasteiger partial charge is 0.493 e. The molecule has 0 radical (unpaired) electrons. The molecule has 26 heavy (non-hydrogen) atoms. The van der Waals surface area contributed by atoms with E-state index in [0.29, 0.717) is 31.7 Å². The zero-order valence-corrected chi connectivity index (χ0v) is 14.9. The lowest BCUT2D eigenvalue weighted by Crippen LogP contribution is -2.35. The second kappa shape index (κ2) is 7.91. The van der Waals surface area contributed by atoms with E-state index < -0.39 is 0 Å². The van der Waals surface area contributed by atoms with E-state index in [0.717, 1.165) is 43.8 Å². The summed E-state index contributed by atoms with van der Waals surface area (Å²) < 4.78 is 13.0. The third kappa shape index (κ3) is 4.43. The van der Waals surface area contributed by atoms with Crippen LogP contribution in [0.3, 0.4) is 0 Å². The first kappa shape index (κ1) is 17.1. The summed E-state index contributed by atoms with van der Waals surface area (Å²) in [6, 6.07) is 10.3. The van der Waals surface area contributed by atoms with Crippen molar-refractivity contribution in [3.05, 3.63) is 48.3 Å². The van der Waals surface area contributed by atoms with Crippen molar-refractivity contribution in [1.82, 2.24) is 14.7 Å². The number of hydrogen-bond acceptors (Lipinski definition) is 4. The molecule has 2 fully saturated rings. The van der Waals surface area contributed by atoms with E-state index >= 15 is 0 Å². The van der Waals surface area contributed by atoms with Gasteiger partial charge in [0.1, 0.15) is 12.3 Å². The van der Waals surface area contributed by atoms with Crippen molar-refractivity contribution in [2.45, 2.75) is 38.4 Å². The topological polar surface area (TPSA) is 56.6 Å². The highest BCUT2D eigenvalue weighted by atomic mass is 16.5. The predicted molar refractivity (Wildman–Crippen MR) is 96.7 cm³/mol. The maximum Gasteiger partial charge on any atom is 0.244 e. The fraction of sp³-hybridized carbons (Fsp3) is 0.500. The third-order valence-corrected chi connectivity index (χ3v) is 4.93. The van der Waals surface area contributed by atoms with Crippen molar-refractivity contribution >= 4 is 5.91 Å². The number of rotatable bonds is 8. The van der Waals surface area contributed by atoms with Crippen molar-refractivity contribution in [3.8, 4) is 5.75 Å². The minimum absolute atomic E-state index is 0.116. The Morgan fingerprint density at radius 1 is 1.31 bits per heavy atom. The van der Waals surface area contributed by atoms with Gasteiger partial charge < -0.3 is 14.4 Å². The molecule has 1 amide bonds. The summed E-state index contributed by atoms with van der Waals surface area (Å²) in [4.78, 5) is 14.7. The Balaban J connectivity index is 1.37. The molecule has 4 rings (SSSR count). The number of hydrogen-bond donors (Lipinski definition) is 0. The van der Waals surface area contributed by atoms with Gasteiger partial charge in [0, 0.05) is 37.5 Å². The molecular weight excluding hydrogens is 330 g/mol. The molecule has 1 aromatic carbocycles. The molecule has 1 saturated heterocycles. The van der Waals surface area contributed by atoms with Crippen LogP contribution < -0.4 is 4.74 Å². The molecule has 6 heteroatoms. The van der Waals surface area contributed by atoms with Gasteiger partial charge in [-0.25, -0.2) is 0 Å². The number of nitrogens with zero attached hydrogens (tertiary/aromatic N) is 3. The van der Waals surface area contributed by atoms with Crippen LogP contribution in [0.15, 0.2) is 42.7 Å². The highest BCUT2D eigenvalue weighted by molar-refractivity contribution is 5.76. The van der Waals surface area contributed by atoms with Crippen LogP contribution >= 0.6 is 0 Å². The van der Waals surface area contributed by atoms with Crippen LogP contribution in [0.25, 0.3) is 0 Å². The van der Waals surface area contributed by atoms with E-state index in [-0.39, 0.29) is 5.91 Å². The molecule has 2 aliphatic rings. The molecule has 138 valence electrons. The first-order chi connectivity index (χ1) is 12.8. The molecule has 0 spiro atoms. The van der Waals surface area contributed by atoms with E-state index in [1.807, 2.05) is 35.4 Å². The number of carbonyl (C=O) groups is 1. The number of aromatic nitrogens is 2. The molecule has 1 aliphatic heterocycles. The van der Waals surface area contributed by atoms with Gasteiger partial charge in [-0.2, -0.15) is 5.10 Å². The van der Waals surface area contributed by atoms with Crippen LogP contribution in [0.5, 0.6) is 5.75 Å². The molecule has 0 N–H and O–H groups in total. The van der Waals surface area contributed by atoms with Crippen molar-refractivity contribution in [3.63, 3.8) is 0 Å². The van der Waals surface area contributed by atoms with Crippen LogP contribution in [0, 0.1) is 5.92 Å². The normalized spacial score (nSPS) is 19.5. The monoisotopic (exact) mass is 355 g/mol. The average molecular weight is 355 g/mol.